The first-order valence-electron chi connectivity index (χ1n) is 7.33. The standard InChI is InChI=1S/C16H21N3O2/c1-16(20-9-10-21-16)7-4-8-18-15-12-5-2-3-6-14(12)19-11-13(15)17/h2-3,5-6,11H,4,7-10,17H2,1H3,(H,18,19). The number of para-hydroxylation sites is 1. The molecule has 0 unspecified atom stereocenters. The highest BCUT2D eigenvalue weighted by Crippen LogP contribution is 2.28. The van der Waals surface area contributed by atoms with Crippen LogP contribution in [0.2, 0.25) is 0 Å². The first-order chi connectivity index (χ1) is 10.2. The predicted octanol–water partition coefficient (Wildman–Crippen LogP) is 2.77. The molecule has 1 saturated heterocycles. The number of fused-ring (bicyclic) bond motifs is 1. The molecule has 3 N–H and O–H groups in total. The molecule has 1 aliphatic heterocycles. The number of hydrogen-bond donors (Lipinski definition) is 2. The van der Waals surface area contributed by atoms with Crippen molar-refractivity contribution in [3.63, 3.8) is 0 Å². The predicted molar refractivity (Wildman–Crippen MR) is 84.2 cm³/mol. The minimum Gasteiger partial charge on any atom is -0.396 e. The number of rotatable bonds is 5. The molecular weight excluding hydrogens is 266 g/mol. The maximum absolute atomic E-state index is 6.04. The number of nitrogens with one attached hydrogen (secondary N) is 1. The van der Waals surface area contributed by atoms with Gasteiger partial charge in [-0.2, -0.15) is 0 Å². The van der Waals surface area contributed by atoms with Gasteiger partial charge in [-0.25, -0.2) is 0 Å². The summed E-state index contributed by atoms with van der Waals surface area (Å²) >= 11 is 0. The molecule has 1 aromatic carbocycles. The first-order valence-corrected chi connectivity index (χ1v) is 7.33. The molecule has 0 radical (unpaired) electrons. The Morgan fingerprint density at radius 2 is 2.05 bits per heavy atom. The summed E-state index contributed by atoms with van der Waals surface area (Å²) in [4.78, 5) is 4.34. The highest BCUT2D eigenvalue weighted by Gasteiger charge is 2.29. The molecule has 1 fully saturated rings. The zero-order valence-electron chi connectivity index (χ0n) is 12.3. The van der Waals surface area contributed by atoms with Crippen molar-refractivity contribution in [3.05, 3.63) is 30.5 Å². The highest BCUT2D eigenvalue weighted by molar-refractivity contribution is 5.96. The SMILES string of the molecule is CC1(CCCNc2c(N)cnc3ccccc23)OCCO1. The van der Waals surface area contributed by atoms with Gasteiger partial charge in [-0.3, -0.25) is 4.98 Å². The lowest BCUT2D eigenvalue weighted by molar-refractivity contribution is -0.146. The summed E-state index contributed by atoms with van der Waals surface area (Å²) in [5, 5.41) is 4.47. The van der Waals surface area contributed by atoms with Gasteiger partial charge in [-0.05, 0) is 19.4 Å². The number of aromatic nitrogens is 1. The van der Waals surface area contributed by atoms with Crippen LogP contribution in [0.4, 0.5) is 11.4 Å². The van der Waals surface area contributed by atoms with Crippen molar-refractivity contribution < 1.29 is 9.47 Å². The molecule has 1 aliphatic rings. The average molecular weight is 287 g/mol. The largest absolute Gasteiger partial charge is 0.396 e. The second-order valence-electron chi connectivity index (χ2n) is 5.47. The number of pyridine rings is 1. The van der Waals surface area contributed by atoms with Crippen LogP contribution in [0, 0.1) is 0 Å². The number of benzene rings is 1. The highest BCUT2D eigenvalue weighted by atomic mass is 16.7. The van der Waals surface area contributed by atoms with Gasteiger partial charge in [0.1, 0.15) is 0 Å². The molecule has 5 nitrogen and oxygen atoms in total. The van der Waals surface area contributed by atoms with E-state index in [0.29, 0.717) is 18.9 Å². The number of nitrogen functional groups attached to an aromatic ring is 1. The normalized spacial score (nSPS) is 17.2. The Bertz CT molecular complexity index is 624. The van der Waals surface area contributed by atoms with Gasteiger partial charge in [0.15, 0.2) is 5.79 Å². The number of ether oxygens (including phenoxy) is 2. The smallest absolute Gasteiger partial charge is 0.165 e. The molecule has 2 heterocycles. The average Bonchev–Trinajstić information content (AvgIpc) is 2.92. The number of hydrogen-bond acceptors (Lipinski definition) is 5. The maximum Gasteiger partial charge on any atom is 0.165 e. The Morgan fingerprint density at radius 1 is 1.29 bits per heavy atom. The van der Waals surface area contributed by atoms with Crippen LogP contribution in [0.1, 0.15) is 19.8 Å². The third-order valence-electron chi connectivity index (χ3n) is 3.81. The van der Waals surface area contributed by atoms with Gasteiger partial charge in [0.05, 0.1) is 36.3 Å². The van der Waals surface area contributed by atoms with Crippen molar-refractivity contribution in [1.29, 1.82) is 0 Å². The second kappa shape index (κ2) is 5.87. The molecule has 3 rings (SSSR count). The summed E-state index contributed by atoms with van der Waals surface area (Å²) in [5.41, 5.74) is 8.62. The fourth-order valence-electron chi connectivity index (χ4n) is 2.68. The Kier molecular flexibility index (Phi) is 3.94. The first kappa shape index (κ1) is 14.1. The van der Waals surface area contributed by atoms with Crippen molar-refractivity contribution in [3.8, 4) is 0 Å². The summed E-state index contributed by atoms with van der Waals surface area (Å²) < 4.78 is 11.2. The van der Waals surface area contributed by atoms with Crippen molar-refractivity contribution in [1.82, 2.24) is 4.98 Å². The lowest BCUT2D eigenvalue weighted by Crippen LogP contribution is -2.26. The second-order valence-corrected chi connectivity index (χ2v) is 5.47. The fourth-order valence-corrected chi connectivity index (χ4v) is 2.68. The minimum atomic E-state index is -0.423. The van der Waals surface area contributed by atoms with Crippen molar-refractivity contribution in [2.24, 2.45) is 0 Å². The summed E-state index contributed by atoms with van der Waals surface area (Å²) in [6.45, 7) is 4.19. The van der Waals surface area contributed by atoms with E-state index >= 15 is 0 Å². The maximum atomic E-state index is 6.04. The van der Waals surface area contributed by atoms with E-state index in [-0.39, 0.29) is 0 Å². The summed E-state index contributed by atoms with van der Waals surface area (Å²) in [6, 6.07) is 7.99. The quantitative estimate of drug-likeness (QED) is 0.828. The zero-order valence-corrected chi connectivity index (χ0v) is 12.3. The Balaban J connectivity index is 1.64. The molecule has 0 amide bonds. The van der Waals surface area contributed by atoms with E-state index in [2.05, 4.69) is 10.3 Å². The molecule has 0 bridgehead atoms. The van der Waals surface area contributed by atoms with Gasteiger partial charge in [-0.1, -0.05) is 18.2 Å². The fraction of sp³-hybridized carbons (Fsp3) is 0.438. The topological polar surface area (TPSA) is 69.4 Å². The van der Waals surface area contributed by atoms with Crippen LogP contribution in [-0.2, 0) is 9.47 Å². The Morgan fingerprint density at radius 3 is 2.86 bits per heavy atom. The van der Waals surface area contributed by atoms with Gasteiger partial charge in [0, 0.05) is 18.4 Å². The monoisotopic (exact) mass is 287 g/mol. The molecule has 1 aromatic heterocycles. The minimum absolute atomic E-state index is 0.423. The zero-order chi connectivity index (χ0) is 14.7. The summed E-state index contributed by atoms with van der Waals surface area (Å²) in [7, 11) is 0. The van der Waals surface area contributed by atoms with Gasteiger partial charge in [-0.15, -0.1) is 0 Å². The molecule has 21 heavy (non-hydrogen) atoms. The van der Waals surface area contributed by atoms with Crippen LogP contribution >= 0.6 is 0 Å². The summed E-state index contributed by atoms with van der Waals surface area (Å²) in [6.07, 6.45) is 3.52. The molecule has 0 aliphatic carbocycles. The number of nitrogens with zero attached hydrogens (tertiary/aromatic N) is 1. The van der Waals surface area contributed by atoms with E-state index in [0.717, 1.165) is 36.0 Å². The van der Waals surface area contributed by atoms with Crippen LogP contribution in [0.25, 0.3) is 10.9 Å². The lowest BCUT2D eigenvalue weighted by atomic mass is 10.1. The number of anilines is 2. The van der Waals surface area contributed by atoms with Crippen LogP contribution in [-0.4, -0.2) is 30.5 Å². The van der Waals surface area contributed by atoms with Crippen molar-refractivity contribution in [2.45, 2.75) is 25.6 Å². The number of nitrogens with two attached hydrogens (primary N) is 1. The third kappa shape index (κ3) is 3.09. The van der Waals surface area contributed by atoms with Crippen LogP contribution in [0.5, 0.6) is 0 Å². The van der Waals surface area contributed by atoms with Crippen molar-refractivity contribution in [2.75, 3.05) is 30.8 Å². The van der Waals surface area contributed by atoms with Gasteiger partial charge in [0.25, 0.3) is 0 Å². The van der Waals surface area contributed by atoms with E-state index in [1.165, 1.54) is 0 Å². The molecular formula is C16H21N3O2. The lowest BCUT2D eigenvalue weighted by Gasteiger charge is -2.22. The van der Waals surface area contributed by atoms with Crippen LogP contribution < -0.4 is 11.1 Å². The van der Waals surface area contributed by atoms with E-state index in [1.807, 2.05) is 31.2 Å². The van der Waals surface area contributed by atoms with Crippen molar-refractivity contribution >= 4 is 22.3 Å². The molecule has 2 aromatic rings. The van der Waals surface area contributed by atoms with Gasteiger partial charge in [0.2, 0.25) is 0 Å². The molecule has 5 heteroatoms. The van der Waals surface area contributed by atoms with Crippen LogP contribution in [0.3, 0.4) is 0 Å². The van der Waals surface area contributed by atoms with E-state index in [9.17, 15) is 0 Å². The van der Waals surface area contributed by atoms with Gasteiger partial charge < -0.3 is 20.5 Å². The van der Waals surface area contributed by atoms with E-state index in [1.54, 1.807) is 6.20 Å². The van der Waals surface area contributed by atoms with E-state index < -0.39 is 5.79 Å². The third-order valence-corrected chi connectivity index (χ3v) is 3.81. The Hall–Kier alpha value is -1.85. The Labute approximate surface area is 124 Å². The molecule has 0 atom stereocenters. The van der Waals surface area contributed by atoms with Gasteiger partial charge >= 0.3 is 0 Å². The molecule has 112 valence electrons. The van der Waals surface area contributed by atoms with Crippen LogP contribution in [0.15, 0.2) is 30.5 Å². The molecule has 0 spiro atoms. The van der Waals surface area contributed by atoms with E-state index in [4.69, 9.17) is 15.2 Å². The summed E-state index contributed by atoms with van der Waals surface area (Å²) in [5.74, 6) is -0.423. The molecule has 0 saturated carbocycles.